The number of rotatable bonds is 2. The molecule has 1 aliphatic heterocycles. The largest absolute Gasteiger partial charge is 0.416 e. The summed E-state index contributed by atoms with van der Waals surface area (Å²) in [4.78, 5) is 2.58. The highest BCUT2D eigenvalue weighted by Crippen LogP contribution is 2.45. The van der Waals surface area contributed by atoms with Crippen LogP contribution in [0.4, 0.5) is 13.2 Å². The summed E-state index contributed by atoms with van der Waals surface area (Å²) < 4.78 is 39.8. The number of alkyl halides is 3. The summed E-state index contributed by atoms with van der Waals surface area (Å²) >= 11 is 0. The maximum atomic E-state index is 13.3. The molecule has 0 radical (unpaired) electrons. The fraction of sp³-hybridized carbons (Fsp3) is 0.700. The summed E-state index contributed by atoms with van der Waals surface area (Å²) in [6.07, 6.45) is 4.34. The summed E-state index contributed by atoms with van der Waals surface area (Å²) in [6, 6.07) is 6.86. The molecule has 1 aromatic carbocycles. The summed E-state index contributed by atoms with van der Waals surface area (Å²) in [5.74, 6) is 1.88. The molecular formula is C20H26F3N. The summed E-state index contributed by atoms with van der Waals surface area (Å²) in [5, 5.41) is 0. The summed E-state index contributed by atoms with van der Waals surface area (Å²) in [5.41, 5.74) is 0.0764. The second-order valence-electron chi connectivity index (χ2n) is 8.07. The summed E-state index contributed by atoms with van der Waals surface area (Å²) in [6.45, 7) is 1.92. The highest BCUT2D eigenvalue weighted by molar-refractivity contribution is 5.33. The van der Waals surface area contributed by atoms with Crippen LogP contribution in [0.5, 0.6) is 0 Å². The fourth-order valence-electron chi connectivity index (χ4n) is 5.46. The molecule has 2 atom stereocenters. The monoisotopic (exact) mass is 337 g/mol. The van der Waals surface area contributed by atoms with Crippen molar-refractivity contribution in [2.24, 2.45) is 11.8 Å². The Hall–Kier alpha value is -1.03. The van der Waals surface area contributed by atoms with Gasteiger partial charge in [-0.25, -0.2) is 0 Å². The zero-order chi connectivity index (χ0) is 16.7. The summed E-state index contributed by atoms with van der Waals surface area (Å²) in [7, 11) is 0. The molecule has 0 unspecified atom stereocenters. The number of piperidine rings is 1. The van der Waals surface area contributed by atoms with Crippen molar-refractivity contribution in [2.45, 2.75) is 63.1 Å². The first-order valence-electron chi connectivity index (χ1n) is 9.41. The molecule has 132 valence electrons. The van der Waals surface area contributed by atoms with Gasteiger partial charge in [0.2, 0.25) is 0 Å². The van der Waals surface area contributed by atoms with Crippen molar-refractivity contribution < 1.29 is 13.2 Å². The lowest BCUT2D eigenvalue weighted by Gasteiger charge is -2.41. The van der Waals surface area contributed by atoms with E-state index in [4.69, 9.17) is 0 Å². The van der Waals surface area contributed by atoms with E-state index in [-0.39, 0.29) is 5.92 Å². The van der Waals surface area contributed by atoms with Crippen LogP contribution in [0.25, 0.3) is 0 Å². The smallest absolute Gasteiger partial charge is 0.300 e. The second-order valence-corrected chi connectivity index (χ2v) is 8.07. The van der Waals surface area contributed by atoms with Gasteiger partial charge in [-0.1, -0.05) is 31.0 Å². The van der Waals surface area contributed by atoms with Gasteiger partial charge >= 0.3 is 6.18 Å². The molecule has 1 aromatic rings. The van der Waals surface area contributed by atoms with Crippen molar-refractivity contribution >= 4 is 0 Å². The molecule has 0 aromatic heterocycles. The van der Waals surface area contributed by atoms with Gasteiger partial charge in [0.15, 0.2) is 0 Å². The molecule has 1 nitrogen and oxygen atoms in total. The third-order valence-corrected chi connectivity index (χ3v) is 6.61. The fourth-order valence-corrected chi connectivity index (χ4v) is 5.46. The Balaban J connectivity index is 1.42. The lowest BCUT2D eigenvalue weighted by Crippen LogP contribution is -2.43. The van der Waals surface area contributed by atoms with Crippen LogP contribution in [0.3, 0.4) is 0 Å². The van der Waals surface area contributed by atoms with Crippen LogP contribution in [-0.2, 0) is 6.18 Å². The zero-order valence-electron chi connectivity index (χ0n) is 14.1. The topological polar surface area (TPSA) is 3.24 Å². The third kappa shape index (κ3) is 3.22. The van der Waals surface area contributed by atoms with Gasteiger partial charge in [0.25, 0.3) is 0 Å². The molecule has 4 heteroatoms. The third-order valence-electron chi connectivity index (χ3n) is 6.61. The molecule has 0 N–H and O–H groups in total. The van der Waals surface area contributed by atoms with Gasteiger partial charge in [-0.3, -0.25) is 0 Å². The minimum absolute atomic E-state index is 0.0550. The van der Waals surface area contributed by atoms with E-state index in [9.17, 15) is 13.2 Å². The molecule has 4 rings (SSSR count). The Bertz CT molecular complexity index is 562. The first-order valence-corrected chi connectivity index (χ1v) is 9.41. The number of nitrogens with zero attached hydrogens (tertiary/aromatic N) is 1. The lowest BCUT2D eigenvalue weighted by atomic mass is 9.82. The van der Waals surface area contributed by atoms with E-state index in [1.807, 2.05) is 0 Å². The van der Waals surface area contributed by atoms with Crippen LogP contribution in [0.2, 0.25) is 0 Å². The van der Waals surface area contributed by atoms with E-state index in [0.717, 1.165) is 37.8 Å². The van der Waals surface area contributed by atoms with Crippen molar-refractivity contribution in [1.82, 2.24) is 4.90 Å². The van der Waals surface area contributed by atoms with E-state index >= 15 is 0 Å². The Morgan fingerprint density at radius 2 is 1.46 bits per heavy atom. The lowest BCUT2D eigenvalue weighted by molar-refractivity contribution is -0.138. The molecule has 24 heavy (non-hydrogen) atoms. The van der Waals surface area contributed by atoms with Crippen LogP contribution >= 0.6 is 0 Å². The predicted molar refractivity (Wildman–Crippen MR) is 88.8 cm³/mol. The number of hydrogen-bond donors (Lipinski definition) is 0. The van der Waals surface area contributed by atoms with E-state index < -0.39 is 11.7 Å². The van der Waals surface area contributed by atoms with Gasteiger partial charge in [-0.2, -0.15) is 13.2 Å². The molecule has 1 saturated heterocycles. The molecule has 3 aliphatic rings. The number of likely N-dealkylation sites (tertiary alicyclic amines) is 1. The quantitative estimate of drug-likeness (QED) is 0.692. The van der Waals surface area contributed by atoms with Crippen molar-refractivity contribution in [3.8, 4) is 0 Å². The van der Waals surface area contributed by atoms with Crippen molar-refractivity contribution in [2.75, 3.05) is 13.1 Å². The zero-order valence-corrected chi connectivity index (χ0v) is 14.1. The van der Waals surface area contributed by atoms with Gasteiger partial charge < -0.3 is 4.90 Å². The minimum Gasteiger partial charge on any atom is -0.300 e. The SMILES string of the molecule is FC(F)(F)c1ccccc1C1CCN(C2C[C@H]3CC[C@H](C2)C3)CC1. The van der Waals surface area contributed by atoms with Crippen LogP contribution in [0, 0.1) is 11.8 Å². The second kappa shape index (κ2) is 6.36. The molecule has 2 saturated carbocycles. The van der Waals surface area contributed by atoms with E-state index in [1.54, 1.807) is 12.1 Å². The Kier molecular flexibility index (Phi) is 4.36. The normalized spacial score (nSPS) is 32.2. The van der Waals surface area contributed by atoms with Gasteiger partial charge in [-0.05, 0) is 74.6 Å². The Labute approximate surface area is 142 Å². The molecule has 0 amide bonds. The predicted octanol–water partition coefficient (Wildman–Crippen LogP) is 5.46. The van der Waals surface area contributed by atoms with Gasteiger partial charge in [0.1, 0.15) is 0 Å². The van der Waals surface area contributed by atoms with Gasteiger partial charge in [0.05, 0.1) is 5.56 Å². The molecule has 0 spiro atoms. The van der Waals surface area contributed by atoms with Crippen molar-refractivity contribution in [3.63, 3.8) is 0 Å². The van der Waals surface area contributed by atoms with Crippen LogP contribution in [-0.4, -0.2) is 24.0 Å². The number of fused-ring (bicyclic) bond motifs is 2. The first kappa shape index (κ1) is 16.4. The highest BCUT2D eigenvalue weighted by Gasteiger charge is 2.39. The number of halogens is 3. The average molecular weight is 337 g/mol. The van der Waals surface area contributed by atoms with Gasteiger partial charge in [0, 0.05) is 6.04 Å². The number of hydrogen-bond acceptors (Lipinski definition) is 1. The van der Waals surface area contributed by atoms with E-state index in [0.29, 0.717) is 11.6 Å². The Morgan fingerprint density at radius 1 is 0.833 bits per heavy atom. The first-order chi connectivity index (χ1) is 11.5. The van der Waals surface area contributed by atoms with Gasteiger partial charge in [-0.15, -0.1) is 0 Å². The van der Waals surface area contributed by atoms with Crippen molar-refractivity contribution in [1.29, 1.82) is 0 Å². The molecule has 3 fully saturated rings. The molecule has 2 aliphatic carbocycles. The highest BCUT2D eigenvalue weighted by atomic mass is 19.4. The minimum atomic E-state index is -4.24. The standard InChI is InChI=1S/C20H26F3N/c21-20(22,23)19-4-2-1-3-18(19)16-7-9-24(10-8-16)17-12-14-5-6-15(11-14)13-17/h1-4,14-17H,5-13H2/t14-,15-/m0/s1. The van der Waals surface area contributed by atoms with Crippen LogP contribution in [0.1, 0.15) is 62.0 Å². The molecule has 1 heterocycles. The average Bonchev–Trinajstić information content (AvgIpc) is 2.92. The van der Waals surface area contributed by atoms with E-state index in [1.165, 1.54) is 44.2 Å². The van der Waals surface area contributed by atoms with Crippen molar-refractivity contribution in [3.05, 3.63) is 35.4 Å². The Morgan fingerprint density at radius 3 is 2.08 bits per heavy atom. The molecule has 2 bridgehead atoms. The van der Waals surface area contributed by atoms with E-state index in [2.05, 4.69) is 4.90 Å². The maximum Gasteiger partial charge on any atom is 0.416 e. The number of benzene rings is 1. The maximum absolute atomic E-state index is 13.3. The van der Waals surface area contributed by atoms with Crippen LogP contribution in [0.15, 0.2) is 24.3 Å². The van der Waals surface area contributed by atoms with Crippen LogP contribution < -0.4 is 0 Å². The molecular weight excluding hydrogens is 311 g/mol.